The summed E-state index contributed by atoms with van der Waals surface area (Å²) in [5.74, 6) is -0.778. The molecule has 0 bridgehead atoms. The summed E-state index contributed by atoms with van der Waals surface area (Å²) in [6.07, 6.45) is 6.84. The number of hydrogen-bond donors (Lipinski definition) is 2. The van der Waals surface area contributed by atoms with Crippen molar-refractivity contribution in [3.8, 4) is 0 Å². The van der Waals surface area contributed by atoms with E-state index in [0.717, 1.165) is 25.8 Å². The van der Waals surface area contributed by atoms with Crippen LogP contribution < -0.4 is 5.32 Å². The first-order valence-electron chi connectivity index (χ1n) is 7.35. The Morgan fingerprint density at radius 1 is 1.21 bits per heavy atom. The van der Waals surface area contributed by atoms with E-state index in [9.17, 15) is 9.59 Å². The molecule has 0 aromatic heterocycles. The Morgan fingerprint density at radius 3 is 2.47 bits per heavy atom. The van der Waals surface area contributed by atoms with Crippen LogP contribution in [0.25, 0.3) is 0 Å². The van der Waals surface area contributed by atoms with Gasteiger partial charge in [-0.3, -0.25) is 14.5 Å². The van der Waals surface area contributed by atoms with Crippen molar-refractivity contribution in [2.45, 2.75) is 57.9 Å². The van der Waals surface area contributed by atoms with Crippen molar-refractivity contribution in [1.29, 1.82) is 0 Å². The van der Waals surface area contributed by atoms with Crippen LogP contribution in [0.4, 0.5) is 0 Å². The third-order valence-electron chi connectivity index (χ3n) is 3.52. The highest BCUT2D eigenvalue weighted by Crippen LogP contribution is 2.17. The molecule has 1 aliphatic carbocycles. The number of amides is 1. The number of nitrogens with zero attached hydrogens (tertiary/aromatic N) is 1. The van der Waals surface area contributed by atoms with Gasteiger partial charge in [0.1, 0.15) is 0 Å². The molecule has 1 aliphatic rings. The van der Waals surface area contributed by atoms with Gasteiger partial charge in [-0.25, -0.2) is 0 Å². The summed E-state index contributed by atoms with van der Waals surface area (Å²) in [4.78, 5) is 24.4. The van der Waals surface area contributed by atoms with E-state index >= 15 is 0 Å². The zero-order valence-corrected chi connectivity index (χ0v) is 11.9. The van der Waals surface area contributed by atoms with Gasteiger partial charge < -0.3 is 10.4 Å². The van der Waals surface area contributed by atoms with E-state index in [1.165, 1.54) is 19.3 Å². The molecule has 0 spiro atoms. The van der Waals surface area contributed by atoms with Crippen molar-refractivity contribution >= 4 is 11.9 Å². The fourth-order valence-electron chi connectivity index (χ4n) is 2.56. The highest BCUT2D eigenvalue weighted by atomic mass is 16.4. The maximum absolute atomic E-state index is 11.9. The van der Waals surface area contributed by atoms with Crippen molar-refractivity contribution in [2.75, 3.05) is 19.6 Å². The highest BCUT2D eigenvalue weighted by molar-refractivity contribution is 5.78. The molecule has 1 fully saturated rings. The van der Waals surface area contributed by atoms with Crippen LogP contribution in [-0.2, 0) is 9.59 Å². The van der Waals surface area contributed by atoms with Crippen LogP contribution in [0.1, 0.15) is 51.9 Å². The lowest BCUT2D eigenvalue weighted by Crippen LogP contribution is -2.43. The lowest BCUT2D eigenvalue weighted by Gasteiger charge is -2.25. The number of rotatable bonds is 8. The minimum atomic E-state index is -0.811. The molecule has 5 nitrogen and oxygen atoms in total. The van der Waals surface area contributed by atoms with Gasteiger partial charge in [0.2, 0.25) is 5.91 Å². The zero-order chi connectivity index (χ0) is 14.1. The Bertz CT molecular complexity index is 288. The molecule has 1 rings (SSSR count). The van der Waals surface area contributed by atoms with Gasteiger partial charge in [0.15, 0.2) is 0 Å². The quantitative estimate of drug-likeness (QED) is 0.703. The summed E-state index contributed by atoms with van der Waals surface area (Å²) in [6.45, 7) is 3.57. The van der Waals surface area contributed by atoms with Gasteiger partial charge in [-0.05, 0) is 25.8 Å². The Labute approximate surface area is 115 Å². The van der Waals surface area contributed by atoms with Crippen LogP contribution in [0.5, 0.6) is 0 Å². The molecule has 2 N–H and O–H groups in total. The summed E-state index contributed by atoms with van der Waals surface area (Å²) in [5, 5.41) is 11.8. The predicted octanol–water partition coefficient (Wildman–Crippen LogP) is 1.62. The van der Waals surface area contributed by atoms with Gasteiger partial charge in [-0.2, -0.15) is 0 Å². The molecule has 1 saturated carbocycles. The van der Waals surface area contributed by atoms with Crippen LogP contribution in [0.3, 0.4) is 0 Å². The number of carboxylic acids is 1. The first-order valence-corrected chi connectivity index (χ1v) is 7.35. The molecule has 0 aliphatic heterocycles. The van der Waals surface area contributed by atoms with Crippen molar-refractivity contribution in [3.05, 3.63) is 0 Å². The maximum atomic E-state index is 11.9. The first kappa shape index (κ1) is 16.0. The predicted molar refractivity (Wildman–Crippen MR) is 74.0 cm³/mol. The number of nitrogens with one attached hydrogen (secondary N) is 1. The molecular formula is C14H26N2O3. The molecule has 0 unspecified atom stereocenters. The summed E-state index contributed by atoms with van der Waals surface area (Å²) in [7, 11) is 0. The Morgan fingerprint density at radius 2 is 1.89 bits per heavy atom. The third-order valence-corrected chi connectivity index (χ3v) is 3.52. The van der Waals surface area contributed by atoms with Crippen molar-refractivity contribution in [3.63, 3.8) is 0 Å². The van der Waals surface area contributed by atoms with Gasteiger partial charge in [-0.15, -0.1) is 0 Å². The Balaban J connectivity index is 2.30. The molecular weight excluding hydrogens is 244 g/mol. The second kappa shape index (κ2) is 8.91. The van der Waals surface area contributed by atoms with Gasteiger partial charge in [0.05, 0.1) is 13.0 Å². The van der Waals surface area contributed by atoms with E-state index in [4.69, 9.17) is 5.11 Å². The zero-order valence-electron chi connectivity index (χ0n) is 11.9. The fraction of sp³-hybridized carbons (Fsp3) is 0.857. The normalized spacial score (nSPS) is 16.5. The number of aliphatic carboxylic acids is 1. The van der Waals surface area contributed by atoms with E-state index in [1.54, 1.807) is 0 Å². The summed E-state index contributed by atoms with van der Waals surface area (Å²) >= 11 is 0. The Kier molecular flexibility index (Phi) is 7.48. The smallest absolute Gasteiger partial charge is 0.304 e. The molecule has 0 radical (unpaired) electrons. The second-order valence-electron chi connectivity index (χ2n) is 5.32. The molecule has 1 amide bonds. The summed E-state index contributed by atoms with van der Waals surface area (Å²) < 4.78 is 0. The Hall–Kier alpha value is -1.10. The molecule has 0 aromatic rings. The molecule has 110 valence electrons. The monoisotopic (exact) mass is 270 g/mol. The lowest BCUT2D eigenvalue weighted by molar-refractivity contribution is -0.137. The number of hydrogen-bond acceptors (Lipinski definition) is 3. The standard InChI is InChI=1S/C14H26N2O3/c1-2-9-16(10-8-14(18)19)11-13(17)15-12-6-4-3-5-7-12/h12H,2-11H2,1H3,(H,15,17)(H,18,19). The van der Waals surface area contributed by atoms with Crippen LogP contribution in [0.2, 0.25) is 0 Å². The van der Waals surface area contributed by atoms with Crippen molar-refractivity contribution in [1.82, 2.24) is 10.2 Å². The fourth-order valence-corrected chi connectivity index (χ4v) is 2.56. The van der Waals surface area contributed by atoms with E-state index in [2.05, 4.69) is 5.32 Å². The van der Waals surface area contributed by atoms with E-state index in [-0.39, 0.29) is 12.3 Å². The SMILES string of the molecule is CCCN(CCC(=O)O)CC(=O)NC1CCCCC1. The molecule has 0 heterocycles. The molecule has 19 heavy (non-hydrogen) atoms. The molecule has 0 saturated heterocycles. The van der Waals surface area contributed by atoms with E-state index in [0.29, 0.717) is 19.1 Å². The van der Waals surface area contributed by atoms with Crippen LogP contribution in [0.15, 0.2) is 0 Å². The second-order valence-corrected chi connectivity index (χ2v) is 5.32. The van der Waals surface area contributed by atoms with Gasteiger partial charge in [0.25, 0.3) is 0 Å². The average Bonchev–Trinajstić information content (AvgIpc) is 2.37. The number of carboxylic acid groups (broad SMARTS) is 1. The summed E-state index contributed by atoms with van der Waals surface area (Å²) in [6, 6.07) is 0.323. The van der Waals surface area contributed by atoms with E-state index in [1.807, 2.05) is 11.8 Å². The molecule has 0 aromatic carbocycles. The third kappa shape index (κ3) is 7.15. The van der Waals surface area contributed by atoms with Gasteiger partial charge in [0, 0.05) is 12.6 Å². The highest BCUT2D eigenvalue weighted by Gasteiger charge is 2.17. The number of carbonyl (C=O) groups is 2. The largest absolute Gasteiger partial charge is 0.481 e. The summed E-state index contributed by atoms with van der Waals surface area (Å²) in [5.41, 5.74) is 0. The number of carbonyl (C=O) groups excluding carboxylic acids is 1. The lowest BCUT2D eigenvalue weighted by atomic mass is 9.95. The van der Waals surface area contributed by atoms with Gasteiger partial charge in [-0.1, -0.05) is 26.2 Å². The van der Waals surface area contributed by atoms with E-state index < -0.39 is 5.97 Å². The van der Waals surface area contributed by atoms with Crippen molar-refractivity contribution < 1.29 is 14.7 Å². The van der Waals surface area contributed by atoms with Gasteiger partial charge >= 0.3 is 5.97 Å². The first-order chi connectivity index (χ1) is 9.11. The minimum absolute atomic E-state index is 0.0331. The minimum Gasteiger partial charge on any atom is -0.481 e. The topological polar surface area (TPSA) is 69.6 Å². The van der Waals surface area contributed by atoms with Crippen LogP contribution in [0, 0.1) is 0 Å². The molecule has 5 heteroatoms. The van der Waals surface area contributed by atoms with Crippen LogP contribution in [-0.4, -0.2) is 47.6 Å². The maximum Gasteiger partial charge on any atom is 0.304 e. The van der Waals surface area contributed by atoms with Crippen LogP contribution >= 0.6 is 0 Å². The van der Waals surface area contributed by atoms with Crippen molar-refractivity contribution in [2.24, 2.45) is 0 Å². The molecule has 0 atom stereocenters. The average molecular weight is 270 g/mol.